The molecule has 0 saturated carbocycles. The fraction of sp³-hybridized carbons (Fsp3) is 0.571. The Morgan fingerprint density at radius 1 is 1.35 bits per heavy atom. The molecule has 0 fully saturated rings. The van der Waals surface area contributed by atoms with E-state index in [-0.39, 0.29) is 5.82 Å². The second-order valence-corrected chi connectivity index (χ2v) is 5.06. The van der Waals surface area contributed by atoms with Crippen LogP contribution < -0.4 is 5.32 Å². The Labute approximate surface area is 112 Å². The molecular formula is C14H21BrFN. The van der Waals surface area contributed by atoms with Gasteiger partial charge in [-0.2, -0.15) is 0 Å². The quantitative estimate of drug-likeness (QED) is 0.792. The van der Waals surface area contributed by atoms with Gasteiger partial charge >= 0.3 is 0 Å². The molecule has 0 aliphatic rings. The predicted octanol–water partition coefficient (Wildman–Crippen LogP) is 4.30. The van der Waals surface area contributed by atoms with Crippen molar-refractivity contribution in [2.24, 2.45) is 0 Å². The third-order valence-corrected chi connectivity index (χ3v) is 3.90. The first-order valence-corrected chi connectivity index (χ1v) is 7.14. The summed E-state index contributed by atoms with van der Waals surface area (Å²) >= 11 is 3.30. The van der Waals surface area contributed by atoms with E-state index in [1.54, 1.807) is 6.07 Å². The van der Waals surface area contributed by atoms with Crippen LogP contribution in [0.15, 0.2) is 22.7 Å². The van der Waals surface area contributed by atoms with Crippen LogP contribution in [0, 0.1) is 5.82 Å². The Balaban J connectivity index is 2.42. The van der Waals surface area contributed by atoms with Gasteiger partial charge in [-0.15, -0.1) is 0 Å². The molecule has 0 aromatic heterocycles. The Kier molecular flexibility index (Phi) is 6.75. The zero-order chi connectivity index (χ0) is 12.7. The first kappa shape index (κ1) is 14.7. The molecule has 0 amide bonds. The molecule has 0 aliphatic carbocycles. The van der Waals surface area contributed by atoms with Gasteiger partial charge in [0, 0.05) is 6.04 Å². The number of nitrogens with one attached hydrogen (secondary N) is 1. The van der Waals surface area contributed by atoms with Gasteiger partial charge in [0.15, 0.2) is 0 Å². The highest BCUT2D eigenvalue weighted by atomic mass is 79.9. The molecule has 96 valence electrons. The van der Waals surface area contributed by atoms with Crippen LogP contribution in [0.1, 0.15) is 38.7 Å². The fourth-order valence-corrected chi connectivity index (χ4v) is 2.48. The van der Waals surface area contributed by atoms with Crippen molar-refractivity contribution in [2.45, 2.75) is 45.6 Å². The van der Waals surface area contributed by atoms with Crippen molar-refractivity contribution in [3.8, 4) is 0 Å². The number of halogens is 2. The summed E-state index contributed by atoms with van der Waals surface area (Å²) in [5, 5.41) is 3.46. The third kappa shape index (κ3) is 4.76. The predicted molar refractivity (Wildman–Crippen MR) is 74.8 cm³/mol. The monoisotopic (exact) mass is 301 g/mol. The van der Waals surface area contributed by atoms with E-state index in [2.05, 4.69) is 35.1 Å². The van der Waals surface area contributed by atoms with Crippen molar-refractivity contribution in [3.05, 3.63) is 34.1 Å². The zero-order valence-electron chi connectivity index (χ0n) is 10.6. The van der Waals surface area contributed by atoms with Crippen LogP contribution in [0.4, 0.5) is 4.39 Å². The normalized spacial score (nSPS) is 12.7. The maximum absolute atomic E-state index is 13.3. The second-order valence-electron chi connectivity index (χ2n) is 4.27. The van der Waals surface area contributed by atoms with Crippen molar-refractivity contribution in [1.29, 1.82) is 0 Å². The number of hydrogen-bond acceptors (Lipinski definition) is 1. The average molecular weight is 302 g/mol. The Hall–Kier alpha value is -0.410. The molecule has 1 aromatic rings. The van der Waals surface area contributed by atoms with E-state index >= 15 is 0 Å². The molecule has 1 rings (SSSR count). The molecule has 1 aromatic carbocycles. The number of hydrogen-bond donors (Lipinski definition) is 1. The molecule has 0 bridgehead atoms. The molecule has 1 N–H and O–H groups in total. The fourth-order valence-electron chi connectivity index (χ4n) is 2.02. The standard InChI is InChI=1S/C14H21BrFN/c1-3-12(17-4-2)9-5-7-11-8-6-10-13(16)14(11)15/h6,8,10,12,17H,3-5,7,9H2,1-2H3. The highest BCUT2D eigenvalue weighted by Crippen LogP contribution is 2.22. The van der Waals surface area contributed by atoms with Gasteiger partial charge in [0.2, 0.25) is 0 Å². The molecule has 1 nitrogen and oxygen atoms in total. The minimum absolute atomic E-state index is 0.166. The summed E-state index contributed by atoms with van der Waals surface area (Å²) in [5.74, 6) is -0.166. The van der Waals surface area contributed by atoms with E-state index in [4.69, 9.17) is 0 Å². The Morgan fingerprint density at radius 3 is 2.76 bits per heavy atom. The second kappa shape index (κ2) is 7.83. The topological polar surface area (TPSA) is 12.0 Å². The highest BCUT2D eigenvalue weighted by molar-refractivity contribution is 9.10. The van der Waals surface area contributed by atoms with Gasteiger partial charge in [0.05, 0.1) is 4.47 Å². The smallest absolute Gasteiger partial charge is 0.137 e. The summed E-state index contributed by atoms with van der Waals surface area (Å²) in [6.07, 6.45) is 4.32. The first-order valence-electron chi connectivity index (χ1n) is 6.35. The molecular weight excluding hydrogens is 281 g/mol. The lowest BCUT2D eigenvalue weighted by Crippen LogP contribution is -2.28. The van der Waals surface area contributed by atoms with Gasteiger partial charge < -0.3 is 5.32 Å². The van der Waals surface area contributed by atoms with Crippen LogP contribution in [0.5, 0.6) is 0 Å². The van der Waals surface area contributed by atoms with E-state index in [1.165, 1.54) is 6.07 Å². The number of rotatable bonds is 7. The molecule has 1 unspecified atom stereocenters. The summed E-state index contributed by atoms with van der Waals surface area (Å²) in [6.45, 7) is 5.35. The van der Waals surface area contributed by atoms with Crippen LogP contribution in [0.25, 0.3) is 0 Å². The molecule has 0 aliphatic heterocycles. The van der Waals surface area contributed by atoms with E-state index in [0.29, 0.717) is 10.5 Å². The van der Waals surface area contributed by atoms with E-state index < -0.39 is 0 Å². The summed E-state index contributed by atoms with van der Waals surface area (Å²) in [5.41, 5.74) is 1.07. The van der Waals surface area contributed by atoms with Crippen molar-refractivity contribution < 1.29 is 4.39 Å². The molecule has 3 heteroatoms. The van der Waals surface area contributed by atoms with Gasteiger partial charge in [0.1, 0.15) is 5.82 Å². The SMILES string of the molecule is CCNC(CC)CCCc1cccc(F)c1Br. The summed E-state index contributed by atoms with van der Waals surface area (Å²) in [6, 6.07) is 5.84. The van der Waals surface area contributed by atoms with Crippen LogP contribution in [-0.2, 0) is 6.42 Å². The third-order valence-electron chi connectivity index (χ3n) is 3.02. The largest absolute Gasteiger partial charge is 0.314 e. The molecule has 0 heterocycles. The minimum Gasteiger partial charge on any atom is -0.314 e. The summed E-state index contributed by atoms with van der Waals surface area (Å²) in [4.78, 5) is 0. The minimum atomic E-state index is -0.166. The van der Waals surface area contributed by atoms with Crippen molar-refractivity contribution in [1.82, 2.24) is 5.32 Å². The van der Waals surface area contributed by atoms with Crippen LogP contribution >= 0.6 is 15.9 Å². The van der Waals surface area contributed by atoms with Gasteiger partial charge in [-0.1, -0.05) is 26.0 Å². The summed E-state index contributed by atoms with van der Waals surface area (Å²) in [7, 11) is 0. The summed E-state index contributed by atoms with van der Waals surface area (Å²) < 4.78 is 13.9. The van der Waals surface area contributed by atoms with Crippen molar-refractivity contribution >= 4 is 15.9 Å². The molecule has 0 saturated heterocycles. The molecule has 1 atom stereocenters. The van der Waals surface area contributed by atoms with Gasteiger partial charge in [-0.25, -0.2) is 4.39 Å². The van der Waals surface area contributed by atoms with Crippen LogP contribution in [0.2, 0.25) is 0 Å². The molecule has 17 heavy (non-hydrogen) atoms. The van der Waals surface area contributed by atoms with Crippen LogP contribution in [0.3, 0.4) is 0 Å². The highest BCUT2D eigenvalue weighted by Gasteiger charge is 2.07. The Bertz CT molecular complexity index is 341. The lowest BCUT2D eigenvalue weighted by Gasteiger charge is -2.15. The first-order chi connectivity index (χ1) is 8.19. The van der Waals surface area contributed by atoms with Gasteiger partial charge in [-0.05, 0) is 59.8 Å². The Morgan fingerprint density at radius 2 is 2.12 bits per heavy atom. The van der Waals surface area contributed by atoms with Gasteiger partial charge in [-0.3, -0.25) is 0 Å². The molecule has 0 spiro atoms. The van der Waals surface area contributed by atoms with Gasteiger partial charge in [0.25, 0.3) is 0 Å². The maximum Gasteiger partial charge on any atom is 0.137 e. The van der Waals surface area contributed by atoms with Crippen molar-refractivity contribution in [3.63, 3.8) is 0 Å². The number of aryl methyl sites for hydroxylation is 1. The van der Waals surface area contributed by atoms with E-state index in [0.717, 1.165) is 37.8 Å². The average Bonchev–Trinajstić information content (AvgIpc) is 2.33. The maximum atomic E-state index is 13.3. The van der Waals surface area contributed by atoms with Crippen molar-refractivity contribution in [2.75, 3.05) is 6.54 Å². The lowest BCUT2D eigenvalue weighted by molar-refractivity contribution is 0.466. The molecule has 0 radical (unpaired) electrons. The van der Waals surface area contributed by atoms with E-state index in [1.807, 2.05) is 6.07 Å². The number of benzene rings is 1. The lowest BCUT2D eigenvalue weighted by atomic mass is 10.0. The van der Waals surface area contributed by atoms with E-state index in [9.17, 15) is 4.39 Å². The zero-order valence-corrected chi connectivity index (χ0v) is 12.2. The van der Waals surface area contributed by atoms with Crippen LogP contribution in [-0.4, -0.2) is 12.6 Å².